The minimum absolute atomic E-state index is 0.155. The highest BCUT2D eigenvalue weighted by Crippen LogP contribution is 2.45. The zero-order valence-corrected chi connectivity index (χ0v) is 26.6. The van der Waals surface area contributed by atoms with Crippen LogP contribution < -0.4 is 25.8 Å². The van der Waals surface area contributed by atoms with Gasteiger partial charge in [0.1, 0.15) is 5.02 Å². The molecule has 0 radical (unpaired) electrons. The van der Waals surface area contributed by atoms with E-state index in [-0.39, 0.29) is 45.9 Å². The van der Waals surface area contributed by atoms with Gasteiger partial charge in [0, 0.05) is 56.4 Å². The minimum Gasteiger partial charge on any atom is -0.382 e. The molecular formula is C32H32ClF2N9O3. The van der Waals surface area contributed by atoms with Crippen LogP contribution in [0.2, 0.25) is 5.02 Å². The molecule has 2 aromatic carbocycles. The number of alkyl halides is 2. The first-order valence-corrected chi connectivity index (χ1v) is 15.7. The van der Waals surface area contributed by atoms with Gasteiger partial charge >= 0.3 is 11.8 Å². The van der Waals surface area contributed by atoms with Crippen LogP contribution in [0.5, 0.6) is 0 Å². The van der Waals surface area contributed by atoms with Crippen LogP contribution in [-0.4, -0.2) is 63.6 Å². The Labute approximate surface area is 273 Å². The summed E-state index contributed by atoms with van der Waals surface area (Å²) in [5, 5.41) is 14.8. The molecule has 1 unspecified atom stereocenters. The molecule has 3 aliphatic heterocycles. The second-order valence-corrected chi connectivity index (χ2v) is 12.8. The fourth-order valence-corrected chi connectivity index (χ4v) is 6.81. The molecule has 15 heteroatoms. The van der Waals surface area contributed by atoms with Crippen molar-refractivity contribution in [3.05, 3.63) is 58.9 Å². The van der Waals surface area contributed by atoms with Gasteiger partial charge in [-0.2, -0.15) is 18.9 Å². The number of carbonyl (C=O) groups excluding carboxylic acids is 3. The zero-order valence-electron chi connectivity index (χ0n) is 25.9. The first-order valence-electron chi connectivity index (χ1n) is 15.3. The van der Waals surface area contributed by atoms with Crippen LogP contribution in [0.15, 0.2) is 42.6 Å². The van der Waals surface area contributed by atoms with Crippen molar-refractivity contribution in [1.82, 2.24) is 25.1 Å². The third-order valence-electron chi connectivity index (χ3n) is 9.25. The smallest absolute Gasteiger partial charge is 0.352 e. The second-order valence-electron chi connectivity index (χ2n) is 12.4. The second kappa shape index (κ2) is 11.4. The number of nitrogens with zero attached hydrogens (tertiary/aromatic N) is 6. The van der Waals surface area contributed by atoms with Crippen molar-refractivity contribution in [2.24, 2.45) is 13.0 Å². The summed E-state index contributed by atoms with van der Waals surface area (Å²) in [6.07, 6.45) is 3.00. The number of rotatable bonds is 6. The molecule has 12 nitrogen and oxygen atoms in total. The first-order chi connectivity index (χ1) is 22.4. The molecule has 0 saturated carbocycles. The number of halogens is 3. The predicted molar refractivity (Wildman–Crippen MR) is 173 cm³/mol. The number of fused-ring (bicyclic) bond motifs is 2. The number of carbonyl (C=O) groups is 3. The third kappa shape index (κ3) is 5.39. The Hall–Kier alpha value is -4.85. The van der Waals surface area contributed by atoms with Gasteiger partial charge in [-0.3, -0.25) is 24.4 Å². The summed E-state index contributed by atoms with van der Waals surface area (Å²) in [6, 6.07) is 10.5. The summed E-state index contributed by atoms with van der Waals surface area (Å²) in [5.41, 5.74) is 2.60. The van der Waals surface area contributed by atoms with Crippen LogP contribution >= 0.6 is 11.6 Å². The minimum atomic E-state index is -3.61. The molecular weight excluding hydrogens is 632 g/mol. The SMILES string of the molecule is C[C@@H]1CN(c2ncc(Cl)c(Nc3ccc4c(c3)C(F)(F)C(=O)N4C)n2)CC[C@H]1Nc1ccc2c(C3CCC(=O)NC3=O)nn(C)c2c1. The van der Waals surface area contributed by atoms with Crippen molar-refractivity contribution in [3.63, 3.8) is 0 Å². The molecule has 244 valence electrons. The molecule has 2 saturated heterocycles. The van der Waals surface area contributed by atoms with E-state index in [9.17, 15) is 23.2 Å². The molecule has 2 aromatic heterocycles. The van der Waals surface area contributed by atoms with Crippen molar-refractivity contribution >= 4 is 69.1 Å². The fraction of sp³-hybridized carbons (Fsp3) is 0.375. The number of likely N-dealkylation sites (N-methyl/N-ethyl adjacent to an activating group) is 1. The summed E-state index contributed by atoms with van der Waals surface area (Å²) >= 11 is 6.39. The van der Waals surface area contributed by atoms with Crippen LogP contribution in [0.1, 0.15) is 43.4 Å². The van der Waals surface area contributed by atoms with Gasteiger partial charge in [-0.1, -0.05) is 18.5 Å². The van der Waals surface area contributed by atoms with Crippen molar-refractivity contribution in [1.29, 1.82) is 0 Å². The number of amides is 3. The van der Waals surface area contributed by atoms with Crippen LogP contribution in [0.25, 0.3) is 10.9 Å². The Balaban J connectivity index is 1.03. The number of hydrogen-bond acceptors (Lipinski definition) is 9. The Morgan fingerprint density at radius 3 is 2.62 bits per heavy atom. The van der Waals surface area contributed by atoms with Crippen LogP contribution in [0, 0.1) is 5.92 Å². The van der Waals surface area contributed by atoms with E-state index in [2.05, 4.69) is 42.8 Å². The lowest BCUT2D eigenvalue weighted by atomic mass is 9.92. The standard InChI is InChI=1S/C32H32ClF2N9O3/c1-16-15-44(31-36-14-22(33)28(40-31)38-17-5-8-24-21(12-17)32(34,35)30(47)42(24)2)11-10-23(16)37-18-4-6-19-25(13-18)43(3)41-27(19)20-7-9-26(45)39-29(20)46/h4-6,8,12-14,16,20,23,37H,7,9-11,15H2,1-3H3,(H,36,38,40)(H,39,45,46)/t16-,20?,23-/m1/s1. The quantitative estimate of drug-likeness (QED) is 0.251. The molecule has 47 heavy (non-hydrogen) atoms. The zero-order chi connectivity index (χ0) is 33.2. The van der Waals surface area contributed by atoms with E-state index < -0.39 is 17.7 Å². The largest absolute Gasteiger partial charge is 0.382 e. The summed E-state index contributed by atoms with van der Waals surface area (Å²) in [7, 11) is 3.17. The molecule has 7 rings (SSSR count). The highest BCUT2D eigenvalue weighted by molar-refractivity contribution is 6.33. The number of aryl methyl sites for hydroxylation is 1. The number of benzene rings is 2. The molecule has 3 amide bonds. The maximum atomic E-state index is 14.6. The Morgan fingerprint density at radius 2 is 1.85 bits per heavy atom. The summed E-state index contributed by atoms with van der Waals surface area (Å²) in [6.45, 7) is 3.47. The normalized spacial score (nSPS) is 22.4. The van der Waals surface area contributed by atoms with Gasteiger partial charge in [0.25, 0.3) is 0 Å². The fourth-order valence-electron chi connectivity index (χ4n) is 6.67. The molecule has 4 aromatic rings. The number of nitrogens with one attached hydrogen (secondary N) is 3. The van der Waals surface area contributed by atoms with E-state index in [4.69, 9.17) is 11.6 Å². The van der Waals surface area contributed by atoms with Crippen LogP contribution in [-0.2, 0) is 27.4 Å². The molecule has 2 fully saturated rings. The molecule has 3 atom stereocenters. The summed E-state index contributed by atoms with van der Waals surface area (Å²) in [4.78, 5) is 48.2. The lowest BCUT2D eigenvalue weighted by molar-refractivity contribution is -0.141. The average Bonchev–Trinajstić information content (AvgIpc) is 3.45. The predicted octanol–water partition coefficient (Wildman–Crippen LogP) is 4.68. The summed E-state index contributed by atoms with van der Waals surface area (Å²) in [5.74, 6) is -4.97. The Kier molecular flexibility index (Phi) is 7.49. The van der Waals surface area contributed by atoms with E-state index in [0.29, 0.717) is 43.3 Å². The number of imide groups is 1. The van der Waals surface area contributed by atoms with Gasteiger partial charge in [-0.15, -0.1) is 0 Å². The lowest BCUT2D eigenvalue weighted by Crippen LogP contribution is -2.46. The maximum absolute atomic E-state index is 14.6. The van der Waals surface area contributed by atoms with E-state index in [1.807, 2.05) is 25.2 Å². The average molecular weight is 664 g/mol. The van der Waals surface area contributed by atoms with Gasteiger partial charge in [0.05, 0.1) is 34.6 Å². The number of piperidine rings is 2. The molecule has 5 heterocycles. The Morgan fingerprint density at radius 1 is 1.06 bits per heavy atom. The van der Waals surface area contributed by atoms with Gasteiger partial charge in [-0.25, -0.2) is 4.98 Å². The first kappa shape index (κ1) is 30.8. The van der Waals surface area contributed by atoms with Crippen molar-refractivity contribution in [2.45, 2.75) is 44.1 Å². The highest BCUT2D eigenvalue weighted by atomic mass is 35.5. The monoisotopic (exact) mass is 663 g/mol. The van der Waals surface area contributed by atoms with Gasteiger partial charge < -0.3 is 20.4 Å². The van der Waals surface area contributed by atoms with E-state index in [1.165, 1.54) is 25.4 Å². The third-order valence-corrected chi connectivity index (χ3v) is 9.53. The van der Waals surface area contributed by atoms with Crippen molar-refractivity contribution in [3.8, 4) is 0 Å². The van der Waals surface area contributed by atoms with Crippen LogP contribution in [0.4, 0.5) is 37.6 Å². The molecule has 3 N–H and O–H groups in total. The highest BCUT2D eigenvalue weighted by Gasteiger charge is 2.51. The topological polar surface area (TPSA) is 137 Å². The van der Waals surface area contributed by atoms with Crippen LogP contribution in [0.3, 0.4) is 0 Å². The number of anilines is 5. The molecule has 0 bridgehead atoms. The summed E-state index contributed by atoms with van der Waals surface area (Å²) < 4.78 is 30.9. The van der Waals surface area contributed by atoms with Crippen molar-refractivity contribution < 1.29 is 23.2 Å². The molecule has 0 aliphatic carbocycles. The maximum Gasteiger partial charge on any atom is 0.352 e. The van der Waals surface area contributed by atoms with Crippen molar-refractivity contribution in [2.75, 3.05) is 40.6 Å². The molecule has 0 spiro atoms. The number of aromatic nitrogens is 4. The lowest BCUT2D eigenvalue weighted by Gasteiger charge is -2.37. The Bertz CT molecular complexity index is 1950. The molecule has 3 aliphatic rings. The number of hydrogen-bond donors (Lipinski definition) is 3. The van der Waals surface area contributed by atoms with Gasteiger partial charge in [-0.05, 0) is 55.2 Å². The van der Waals surface area contributed by atoms with E-state index >= 15 is 0 Å². The van der Waals surface area contributed by atoms with Gasteiger partial charge in [0.2, 0.25) is 17.8 Å². The van der Waals surface area contributed by atoms with E-state index in [0.717, 1.165) is 27.9 Å². The van der Waals surface area contributed by atoms with E-state index in [1.54, 1.807) is 10.7 Å². The van der Waals surface area contributed by atoms with Gasteiger partial charge in [0.15, 0.2) is 5.82 Å².